The van der Waals surface area contributed by atoms with Crippen molar-refractivity contribution in [3.8, 4) is 17.3 Å². The van der Waals surface area contributed by atoms with Gasteiger partial charge in [-0.3, -0.25) is 0 Å². The molecule has 9 heteroatoms. The van der Waals surface area contributed by atoms with Gasteiger partial charge in [-0.2, -0.15) is 23.0 Å². The Morgan fingerprint density at radius 3 is 2.44 bits per heavy atom. The summed E-state index contributed by atoms with van der Waals surface area (Å²) in [4.78, 5) is 7.79. The molecular formula is C16H10F3N5O. The van der Waals surface area contributed by atoms with Crippen LogP contribution in [0.5, 0.6) is 0 Å². The maximum absolute atomic E-state index is 13.5. The van der Waals surface area contributed by atoms with E-state index in [9.17, 15) is 13.2 Å². The minimum absolute atomic E-state index is 0.0202. The van der Waals surface area contributed by atoms with Crippen LogP contribution < -0.4 is 5.73 Å². The average molecular weight is 345 g/mol. The summed E-state index contributed by atoms with van der Waals surface area (Å²) in [5.74, 6) is -0.335. The highest BCUT2D eigenvalue weighted by molar-refractivity contribution is 5.86. The highest BCUT2D eigenvalue weighted by atomic mass is 19.4. The van der Waals surface area contributed by atoms with E-state index in [0.29, 0.717) is 11.0 Å². The largest absolute Gasteiger partial charge is 0.456 e. The molecule has 1 aromatic carbocycles. The number of hydrogen-bond acceptors (Lipinski definition) is 5. The molecule has 0 fully saturated rings. The van der Waals surface area contributed by atoms with Crippen LogP contribution in [-0.4, -0.2) is 19.7 Å². The lowest BCUT2D eigenvalue weighted by Crippen LogP contribution is -2.09. The molecule has 3 aromatic heterocycles. The number of benzene rings is 1. The molecule has 0 bridgehead atoms. The van der Waals surface area contributed by atoms with Crippen LogP contribution in [0.25, 0.3) is 28.2 Å². The number of hydrogen-bond donors (Lipinski definition) is 1. The summed E-state index contributed by atoms with van der Waals surface area (Å²) in [7, 11) is 0. The summed E-state index contributed by atoms with van der Waals surface area (Å²) in [5.41, 5.74) is 4.91. The van der Waals surface area contributed by atoms with Gasteiger partial charge >= 0.3 is 6.18 Å². The summed E-state index contributed by atoms with van der Waals surface area (Å²) >= 11 is 0. The van der Waals surface area contributed by atoms with Crippen LogP contribution in [0.4, 0.5) is 19.0 Å². The van der Waals surface area contributed by atoms with Crippen LogP contribution >= 0.6 is 0 Å². The molecule has 0 aliphatic rings. The van der Waals surface area contributed by atoms with Crippen LogP contribution in [0.15, 0.2) is 53.2 Å². The SMILES string of the molecule is Nc1c(-c2cc3ccccc3o2)c(C(F)(F)F)nn1-c1ncccn1. The number of fused-ring (bicyclic) bond motifs is 1. The molecule has 4 aromatic rings. The maximum atomic E-state index is 13.5. The van der Waals surface area contributed by atoms with Gasteiger partial charge in [-0.25, -0.2) is 9.97 Å². The summed E-state index contributed by atoms with van der Waals surface area (Å²) in [6.45, 7) is 0. The van der Waals surface area contributed by atoms with Crippen LogP contribution in [0.2, 0.25) is 0 Å². The quantitative estimate of drug-likeness (QED) is 0.599. The van der Waals surface area contributed by atoms with E-state index < -0.39 is 11.9 Å². The van der Waals surface area contributed by atoms with Crippen LogP contribution in [0.3, 0.4) is 0 Å². The van der Waals surface area contributed by atoms with Crippen LogP contribution in [0, 0.1) is 0 Å². The molecule has 0 saturated carbocycles. The molecule has 2 N–H and O–H groups in total. The lowest BCUT2D eigenvalue weighted by atomic mass is 10.1. The van der Waals surface area contributed by atoms with Gasteiger partial charge in [0, 0.05) is 17.8 Å². The van der Waals surface area contributed by atoms with Crippen molar-refractivity contribution in [1.82, 2.24) is 19.7 Å². The Morgan fingerprint density at radius 2 is 1.76 bits per heavy atom. The van der Waals surface area contributed by atoms with Gasteiger partial charge in [-0.1, -0.05) is 18.2 Å². The Bertz CT molecular complexity index is 1020. The summed E-state index contributed by atoms with van der Waals surface area (Å²) in [6, 6.07) is 9.91. The number of rotatable bonds is 2. The van der Waals surface area contributed by atoms with Crippen molar-refractivity contribution in [1.29, 1.82) is 0 Å². The normalized spacial score (nSPS) is 12.0. The van der Waals surface area contributed by atoms with E-state index in [2.05, 4.69) is 15.1 Å². The Morgan fingerprint density at radius 1 is 1.04 bits per heavy atom. The fourth-order valence-corrected chi connectivity index (χ4v) is 2.53. The molecule has 6 nitrogen and oxygen atoms in total. The minimum atomic E-state index is -4.72. The molecule has 0 aliphatic carbocycles. The number of furan rings is 1. The molecule has 25 heavy (non-hydrogen) atoms. The standard InChI is InChI=1S/C16H10F3N5O/c17-16(18,19)13-12(11-8-9-4-1-2-5-10(9)25-11)14(20)24(23-13)15-21-6-3-7-22-15/h1-8H,20H2. The first-order valence-corrected chi connectivity index (χ1v) is 7.17. The zero-order valence-electron chi connectivity index (χ0n) is 12.5. The number of anilines is 1. The first-order chi connectivity index (χ1) is 11.9. The molecule has 0 radical (unpaired) electrons. The second-order valence-corrected chi connectivity index (χ2v) is 5.22. The number of nitrogen functional groups attached to an aromatic ring is 1. The Balaban J connectivity index is 1.98. The van der Waals surface area contributed by atoms with E-state index in [4.69, 9.17) is 10.2 Å². The van der Waals surface area contributed by atoms with Gasteiger partial charge < -0.3 is 10.2 Å². The van der Waals surface area contributed by atoms with Gasteiger partial charge in [-0.15, -0.1) is 0 Å². The van der Waals surface area contributed by atoms with Gasteiger partial charge in [0.1, 0.15) is 17.2 Å². The Labute approximate surface area is 138 Å². The summed E-state index contributed by atoms with van der Waals surface area (Å²) in [6.07, 6.45) is -1.95. The molecule has 4 rings (SSSR count). The third-order valence-electron chi connectivity index (χ3n) is 3.60. The van der Waals surface area contributed by atoms with E-state index in [0.717, 1.165) is 4.68 Å². The average Bonchev–Trinajstić information content (AvgIpc) is 3.15. The molecule has 0 spiro atoms. The first kappa shape index (κ1) is 15.2. The Kier molecular flexibility index (Phi) is 3.24. The molecule has 0 saturated heterocycles. The fourth-order valence-electron chi connectivity index (χ4n) is 2.53. The van der Waals surface area contributed by atoms with Gasteiger partial charge in [0.25, 0.3) is 5.95 Å². The van der Waals surface area contributed by atoms with Crippen molar-refractivity contribution in [3.63, 3.8) is 0 Å². The lowest BCUT2D eigenvalue weighted by molar-refractivity contribution is -0.140. The van der Waals surface area contributed by atoms with Crippen molar-refractivity contribution in [3.05, 3.63) is 54.5 Å². The highest BCUT2D eigenvalue weighted by Gasteiger charge is 2.41. The third-order valence-corrected chi connectivity index (χ3v) is 3.60. The molecule has 0 atom stereocenters. The second-order valence-electron chi connectivity index (χ2n) is 5.22. The van der Waals surface area contributed by atoms with Crippen molar-refractivity contribution in [2.45, 2.75) is 6.18 Å². The van der Waals surface area contributed by atoms with Crippen LogP contribution in [-0.2, 0) is 6.18 Å². The topological polar surface area (TPSA) is 82.8 Å². The Hall–Kier alpha value is -3.36. The number of nitrogens with zero attached hydrogens (tertiary/aromatic N) is 4. The molecule has 0 unspecified atom stereocenters. The minimum Gasteiger partial charge on any atom is -0.456 e. The highest BCUT2D eigenvalue weighted by Crippen LogP contribution is 2.41. The zero-order chi connectivity index (χ0) is 17.6. The molecule has 0 amide bonds. The van der Waals surface area contributed by atoms with Crippen molar-refractivity contribution in [2.75, 3.05) is 5.73 Å². The van der Waals surface area contributed by atoms with Gasteiger partial charge in [0.2, 0.25) is 0 Å². The maximum Gasteiger partial charge on any atom is 0.436 e. The molecule has 3 heterocycles. The zero-order valence-corrected chi connectivity index (χ0v) is 12.5. The number of alkyl halides is 3. The summed E-state index contributed by atoms with van der Waals surface area (Å²) < 4.78 is 46.9. The van der Waals surface area contributed by atoms with E-state index in [-0.39, 0.29) is 23.1 Å². The predicted octanol–water partition coefficient (Wildman–Crippen LogP) is 3.68. The van der Waals surface area contributed by atoms with Gasteiger partial charge in [0.05, 0.1) is 5.56 Å². The fraction of sp³-hybridized carbons (Fsp3) is 0.0625. The number of halogens is 3. The van der Waals surface area contributed by atoms with Crippen molar-refractivity contribution < 1.29 is 17.6 Å². The van der Waals surface area contributed by atoms with Crippen molar-refractivity contribution in [2.24, 2.45) is 0 Å². The first-order valence-electron chi connectivity index (χ1n) is 7.17. The predicted molar refractivity (Wildman–Crippen MR) is 83.8 cm³/mol. The smallest absolute Gasteiger partial charge is 0.436 e. The molecular weight excluding hydrogens is 335 g/mol. The molecule has 126 valence electrons. The second kappa shape index (κ2) is 5.33. The number of aromatic nitrogens is 4. The van der Waals surface area contributed by atoms with E-state index >= 15 is 0 Å². The third kappa shape index (κ3) is 2.49. The summed E-state index contributed by atoms with van der Waals surface area (Å²) in [5, 5.41) is 4.24. The van der Waals surface area contributed by atoms with E-state index in [1.165, 1.54) is 24.5 Å². The van der Waals surface area contributed by atoms with Gasteiger partial charge in [0.15, 0.2) is 5.69 Å². The number of nitrogens with two attached hydrogens (primary N) is 1. The monoisotopic (exact) mass is 345 g/mol. The molecule has 0 aliphatic heterocycles. The van der Waals surface area contributed by atoms with Crippen LogP contribution in [0.1, 0.15) is 5.69 Å². The number of para-hydroxylation sites is 1. The van der Waals surface area contributed by atoms with Crippen molar-refractivity contribution >= 4 is 16.8 Å². The van der Waals surface area contributed by atoms with E-state index in [1.807, 2.05) is 0 Å². The lowest BCUT2D eigenvalue weighted by Gasteiger charge is -2.04. The van der Waals surface area contributed by atoms with E-state index in [1.54, 1.807) is 24.3 Å². The van der Waals surface area contributed by atoms with Gasteiger partial charge in [-0.05, 0) is 18.2 Å².